The molecule has 5 heteroatoms. The van der Waals surface area contributed by atoms with Crippen LogP contribution in [-0.2, 0) is 13.0 Å². The summed E-state index contributed by atoms with van der Waals surface area (Å²) in [5.41, 5.74) is 1.40. The quantitative estimate of drug-likeness (QED) is 0.888. The molecule has 0 saturated heterocycles. The van der Waals surface area contributed by atoms with Gasteiger partial charge in [0.15, 0.2) is 0 Å². The zero-order chi connectivity index (χ0) is 15.2. The molecular weight excluding hydrogens is 272 g/mol. The third-order valence-electron chi connectivity index (χ3n) is 2.91. The largest absolute Gasteiger partial charge is 0.311 e. The van der Waals surface area contributed by atoms with E-state index in [1.807, 2.05) is 6.07 Å². The Bertz CT molecular complexity index is 580. The third-order valence-corrected chi connectivity index (χ3v) is 2.91. The van der Waals surface area contributed by atoms with Crippen LogP contribution in [0.3, 0.4) is 0 Å². The molecule has 0 aliphatic heterocycles. The molecule has 0 aliphatic carbocycles. The van der Waals surface area contributed by atoms with Crippen molar-refractivity contribution in [1.82, 2.24) is 15.3 Å². The van der Waals surface area contributed by atoms with Crippen molar-refractivity contribution in [1.29, 1.82) is 0 Å². The summed E-state index contributed by atoms with van der Waals surface area (Å²) in [6, 6.07) is 5.30. The van der Waals surface area contributed by atoms with Gasteiger partial charge in [0.05, 0.1) is 5.69 Å². The first-order chi connectivity index (χ1) is 10.0. The zero-order valence-corrected chi connectivity index (χ0v) is 12.2. The van der Waals surface area contributed by atoms with Gasteiger partial charge < -0.3 is 5.32 Å². The minimum absolute atomic E-state index is 0.312. The SMILES string of the molecule is CC(C)CNCc1ccnc(Cc2cc(F)cc(F)c2)n1. The van der Waals surface area contributed by atoms with E-state index in [9.17, 15) is 8.78 Å². The number of hydrogen-bond acceptors (Lipinski definition) is 3. The molecule has 1 N–H and O–H groups in total. The molecule has 3 nitrogen and oxygen atoms in total. The molecular formula is C16H19F2N3. The fourth-order valence-corrected chi connectivity index (χ4v) is 2.01. The highest BCUT2D eigenvalue weighted by atomic mass is 19.1. The molecule has 1 aromatic heterocycles. The number of benzene rings is 1. The van der Waals surface area contributed by atoms with Crippen LogP contribution in [0.4, 0.5) is 8.78 Å². The molecule has 0 unspecified atom stereocenters. The average molecular weight is 291 g/mol. The molecule has 0 saturated carbocycles. The Balaban J connectivity index is 2.03. The van der Waals surface area contributed by atoms with Gasteiger partial charge in [0.25, 0.3) is 0 Å². The van der Waals surface area contributed by atoms with Crippen molar-refractivity contribution < 1.29 is 8.78 Å². The van der Waals surface area contributed by atoms with E-state index in [1.165, 1.54) is 12.1 Å². The van der Waals surface area contributed by atoms with Crippen LogP contribution >= 0.6 is 0 Å². The maximum atomic E-state index is 13.2. The summed E-state index contributed by atoms with van der Waals surface area (Å²) in [5.74, 6) is -0.0371. The fourth-order valence-electron chi connectivity index (χ4n) is 2.01. The molecule has 2 rings (SSSR count). The second-order valence-electron chi connectivity index (χ2n) is 5.44. The van der Waals surface area contributed by atoms with Crippen LogP contribution in [-0.4, -0.2) is 16.5 Å². The van der Waals surface area contributed by atoms with Crippen molar-refractivity contribution in [2.24, 2.45) is 5.92 Å². The number of nitrogens with zero attached hydrogens (tertiary/aromatic N) is 2. The minimum Gasteiger partial charge on any atom is -0.311 e. The highest BCUT2D eigenvalue weighted by Gasteiger charge is 2.05. The molecule has 0 aliphatic rings. The van der Waals surface area contributed by atoms with Crippen LogP contribution in [0.15, 0.2) is 30.5 Å². The lowest BCUT2D eigenvalue weighted by Gasteiger charge is -2.08. The van der Waals surface area contributed by atoms with Gasteiger partial charge in [0, 0.05) is 25.2 Å². The first-order valence-electron chi connectivity index (χ1n) is 6.99. The summed E-state index contributed by atoms with van der Waals surface area (Å²) < 4.78 is 26.3. The average Bonchev–Trinajstić information content (AvgIpc) is 2.37. The van der Waals surface area contributed by atoms with Gasteiger partial charge in [-0.2, -0.15) is 0 Å². The molecule has 0 atom stereocenters. The number of halogens is 2. The number of hydrogen-bond donors (Lipinski definition) is 1. The molecule has 1 heterocycles. The molecule has 112 valence electrons. The van der Waals surface area contributed by atoms with Gasteiger partial charge in [-0.15, -0.1) is 0 Å². The van der Waals surface area contributed by atoms with Crippen LogP contribution in [0.2, 0.25) is 0 Å². The first kappa shape index (κ1) is 15.5. The lowest BCUT2D eigenvalue weighted by Crippen LogP contribution is -2.20. The summed E-state index contributed by atoms with van der Waals surface area (Å²) in [7, 11) is 0. The van der Waals surface area contributed by atoms with Gasteiger partial charge in [0.2, 0.25) is 0 Å². The molecule has 0 radical (unpaired) electrons. The number of aromatic nitrogens is 2. The predicted octanol–water partition coefficient (Wildman–Crippen LogP) is 3.09. The molecule has 0 amide bonds. The van der Waals surface area contributed by atoms with Crippen molar-refractivity contribution in [3.8, 4) is 0 Å². The smallest absolute Gasteiger partial charge is 0.132 e. The highest BCUT2D eigenvalue weighted by molar-refractivity contribution is 5.21. The topological polar surface area (TPSA) is 37.8 Å². The van der Waals surface area contributed by atoms with Crippen LogP contribution in [0.25, 0.3) is 0 Å². The maximum absolute atomic E-state index is 13.2. The molecule has 21 heavy (non-hydrogen) atoms. The Hall–Kier alpha value is -1.88. The minimum atomic E-state index is -0.584. The summed E-state index contributed by atoms with van der Waals surface area (Å²) in [4.78, 5) is 8.56. The van der Waals surface area contributed by atoms with E-state index < -0.39 is 11.6 Å². The Morgan fingerprint density at radius 2 is 1.86 bits per heavy atom. The monoisotopic (exact) mass is 291 g/mol. The van der Waals surface area contributed by atoms with Crippen molar-refractivity contribution in [3.63, 3.8) is 0 Å². The van der Waals surface area contributed by atoms with Gasteiger partial charge in [-0.3, -0.25) is 0 Å². The Kier molecular flexibility index (Phi) is 5.33. The van der Waals surface area contributed by atoms with Crippen molar-refractivity contribution in [2.75, 3.05) is 6.54 Å². The first-order valence-corrected chi connectivity index (χ1v) is 6.99. The van der Waals surface area contributed by atoms with Crippen molar-refractivity contribution in [2.45, 2.75) is 26.8 Å². The van der Waals surface area contributed by atoms with E-state index in [0.717, 1.165) is 18.3 Å². The van der Waals surface area contributed by atoms with Gasteiger partial charge >= 0.3 is 0 Å². The number of rotatable bonds is 6. The number of nitrogens with one attached hydrogen (secondary N) is 1. The predicted molar refractivity (Wildman–Crippen MR) is 77.7 cm³/mol. The highest BCUT2D eigenvalue weighted by Crippen LogP contribution is 2.11. The lowest BCUT2D eigenvalue weighted by molar-refractivity contribution is 0.547. The third kappa shape index (κ3) is 5.19. The van der Waals surface area contributed by atoms with Gasteiger partial charge in [0.1, 0.15) is 17.5 Å². The molecule has 2 aromatic rings. The standard InChI is InChI=1S/C16H19F2N3/c1-11(2)9-19-10-15-3-4-20-16(21-15)7-12-5-13(17)8-14(18)6-12/h3-6,8,11,19H,7,9-10H2,1-2H3. The van der Waals surface area contributed by atoms with Gasteiger partial charge in [-0.25, -0.2) is 18.7 Å². The molecule has 0 fully saturated rings. The summed E-state index contributed by atoms with van der Waals surface area (Å²) in [6.07, 6.45) is 1.98. The lowest BCUT2D eigenvalue weighted by atomic mass is 10.1. The maximum Gasteiger partial charge on any atom is 0.132 e. The second-order valence-corrected chi connectivity index (χ2v) is 5.44. The Morgan fingerprint density at radius 1 is 1.14 bits per heavy atom. The zero-order valence-electron chi connectivity index (χ0n) is 12.2. The van der Waals surface area contributed by atoms with E-state index in [1.54, 1.807) is 6.20 Å². The summed E-state index contributed by atoms with van der Waals surface area (Å²) >= 11 is 0. The van der Waals surface area contributed by atoms with Crippen LogP contribution in [0.1, 0.15) is 30.9 Å². The van der Waals surface area contributed by atoms with E-state index >= 15 is 0 Å². The molecule has 1 aromatic carbocycles. The van der Waals surface area contributed by atoms with Crippen LogP contribution in [0.5, 0.6) is 0 Å². The Labute approximate surface area is 123 Å². The Morgan fingerprint density at radius 3 is 2.52 bits per heavy atom. The summed E-state index contributed by atoms with van der Waals surface area (Å²) in [6.45, 7) is 5.84. The van der Waals surface area contributed by atoms with Crippen molar-refractivity contribution >= 4 is 0 Å². The van der Waals surface area contributed by atoms with E-state index in [4.69, 9.17) is 0 Å². The van der Waals surface area contributed by atoms with E-state index in [-0.39, 0.29) is 0 Å². The van der Waals surface area contributed by atoms with Crippen molar-refractivity contribution in [3.05, 3.63) is 59.2 Å². The van der Waals surface area contributed by atoms with Gasteiger partial charge in [-0.1, -0.05) is 13.8 Å². The van der Waals surface area contributed by atoms with E-state index in [0.29, 0.717) is 30.3 Å². The molecule has 0 bridgehead atoms. The normalized spacial score (nSPS) is 11.1. The molecule has 0 spiro atoms. The van der Waals surface area contributed by atoms with Gasteiger partial charge in [-0.05, 0) is 36.2 Å². The van der Waals surface area contributed by atoms with E-state index in [2.05, 4.69) is 29.1 Å². The summed E-state index contributed by atoms with van der Waals surface area (Å²) in [5, 5.41) is 3.30. The van der Waals surface area contributed by atoms with Crippen LogP contribution in [0, 0.1) is 17.6 Å². The second kappa shape index (κ2) is 7.22. The van der Waals surface area contributed by atoms with Crippen LogP contribution < -0.4 is 5.32 Å². The fraction of sp³-hybridized carbons (Fsp3) is 0.375.